The summed E-state index contributed by atoms with van der Waals surface area (Å²) >= 11 is 0. The third kappa shape index (κ3) is 5.11. The molecule has 9 nitrogen and oxygen atoms in total. The van der Waals surface area contributed by atoms with Gasteiger partial charge in [0.1, 0.15) is 23.4 Å². The summed E-state index contributed by atoms with van der Waals surface area (Å²) in [6, 6.07) is 12.6. The molecule has 1 fully saturated rings. The number of hydrogen-bond donors (Lipinski definition) is 1. The van der Waals surface area contributed by atoms with Crippen molar-refractivity contribution in [1.82, 2.24) is 14.7 Å². The van der Waals surface area contributed by atoms with Crippen LogP contribution in [0.25, 0.3) is 10.9 Å². The minimum absolute atomic E-state index is 0.000424. The molecule has 0 atom stereocenters. The average Bonchev–Trinajstić information content (AvgIpc) is 3.21. The van der Waals surface area contributed by atoms with Crippen LogP contribution in [0.5, 0.6) is 17.2 Å². The molecular formula is C23H25N3O6. The average molecular weight is 439 g/mol. The van der Waals surface area contributed by atoms with Crippen molar-refractivity contribution in [3.63, 3.8) is 0 Å². The van der Waals surface area contributed by atoms with Crippen LogP contribution < -0.4 is 14.2 Å². The van der Waals surface area contributed by atoms with Gasteiger partial charge in [-0.1, -0.05) is 0 Å². The summed E-state index contributed by atoms with van der Waals surface area (Å²) < 4.78 is 18.3. The number of hydrogen-bond acceptors (Lipinski definition) is 6. The van der Waals surface area contributed by atoms with Gasteiger partial charge in [0.05, 0.1) is 31.8 Å². The van der Waals surface area contributed by atoms with Crippen molar-refractivity contribution in [2.75, 3.05) is 20.2 Å². The number of carbonyl (C=O) groups excluding carboxylic acids is 1. The molecule has 168 valence electrons. The summed E-state index contributed by atoms with van der Waals surface area (Å²) in [6.07, 6.45) is 2.76. The van der Waals surface area contributed by atoms with Gasteiger partial charge < -0.3 is 24.2 Å². The van der Waals surface area contributed by atoms with E-state index in [2.05, 4.69) is 5.10 Å². The van der Waals surface area contributed by atoms with Gasteiger partial charge in [-0.05, 0) is 42.5 Å². The van der Waals surface area contributed by atoms with Gasteiger partial charge in [0.2, 0.25) is 0 Å². The van der Waals surface area contributed by atoms with E-state index < -0.39 is 5.97 Å². The molecule has 0 saturated carbocycles. The zero-order chi connectivity index (χ0) is 22.5. The fourth-order valence-corrected chi connectivity index (χ4v) is 3.68. The molecular weight excluding hydrogens is 414 g/mol. The first-order chi connectivity index (χ1) is 15.5. The number of carbonyl (C=O) groups is 2. The smallest absolute Gasteiger partial charge is 0.415 e. The largest absolute Gasteiger partial charge is 0.497 e. The summed E-state index contributed by atoms with van der Waals surface area (Å²) in [5.74, 6) is 1.06. The Kier molecular flexibility index (Phi) is 6.44. The summed E-state index contributed by atoms with van der Waals surface area (Å²) in [4.78, 5) is 24.9. The van der Waals surface area contributed by atoms with Crippen LogP contribution >= 0.6 is 0 Å². The number of rotatable bonds is 7. The molecule has 1 N–H and O–H groups in total. The Hall–Kier alpha value is -3.75. The zero-order valence-electron chi connectivity index (χ0n) is 17.8. The van der Waals surface area contributed by atoms with Crippen LogP contribution in [-0.4, -0.2) is 58.2 Å². The number of piperidine rings is 1. The lowest BCUT2D eigenvalue weighted by atomic mass is 10.1. The summed E-state index contributed by atoms with van der Waals surface area (Å²) in [7, 11) is 1.58. The number of methoxy groups -OCH3 is 1. The number of aromatic nitrogens is 2. The lowest BCUT2D eigenvalue weighted by Crippen LogP contribution is -2.43. The summed E-state index contributed by atoms with van der Waals surface area (Å²) in [5.41, 5.74) is 0.870. The molecule has 1 aliphatic heterocycles. The standard InChI is InChI=1S/C23H25N3O6/c1-30-17-2-4-18(5-3-17)32-23(29)25-11-8-19(9-12-25)31-20-6-7-21-16(14-20)15-24-26(21)13-10-22(27)28/h2-7,14-15,19H,8-13H2,1H3,(H,27,28). The van der Waals surface area contributed by atoms with E-state index >= 15 is 0 Å². The molecule has 3 aromatic rings. The van der Waals surface area contributed by atoms with Gasteiger partial charge in [-0.3, -0.25) is 9.48 Å². The second-order valence-electron chi connectivity index (χ2n) is 7.58. The van der Waals surface area contributed by atoms with Crippen molar-refractivity contribution in [1.29, 1.82) is 0 Å². The second-order valence-corrected chi connectivity index (χ2v) is 7.58. The zero-order valence-corrected chi connectivity index (χ0v) is 17.8. The lowest BCUT2D eigenvalue weighted by Gasteiger charge is -2.31. The fourth-order valence-electron chi connectivity index (χ4n) is 3.68. The predicted octanol–water partition coefficient (Wildman–Crippen LogP) is 3.56. The highest BCUT2D eigenvalue weighted by Gasteiger charge is 2.25. The highest BCUT2D eigenvalue weighted by Crippen LogP contribution is 2.25. The van der Waals surface area contributed by atoms with E-state index in [1.807, 2.05) is 18.2 Å². The van der Waals surface area contributed by atoms with Crippen LogP contribution in [0.3, 0.4) is 0 Å². The van der Waals surface area contributed by atoms with Crippen molar-refractivity contribution in [3.05, 3.63) is 48.7 Å². The molecule has 0 aliphatic carbocycles. The summed E-state index contributed by atoms with van der Waals surface area (Å²) in [6.45, 7) is 1.42. The Bertz CT molecular complexity index is 1090. The number of likely N-dealkylation sites (tertiary alicyclic amines) is 1. The van der Waals surface area contributed by atoms with E-state index in [4.69, 9.17) is 19.3 Å². The maximum Gasteiger partial charge on any atom is 0.415 e. The number of carboxylic acids is 1. The van der Waals surface area contributed by atoms with Crippen molar-refractivity contribution in [2.45, 2.75) is 31.9 Å². The molecule has 0 unspecified atom stereocenters. The van der Waals surface area contributed by atoms with E-state index in [0.29, 0.717) is 44.0 Å². The Morgan fingerprint density at radius 1 is 1.06 bits per heavy atom. The Labute approximate surface area is 185 Å². The molecule has 4 rings (SSSR count). The van der Waals surface area contributed by atoms with E-state index in [0.717, 1.165) is 16.7 Å². The van der Waals surface area contributed by atoms with Gasteiger partial charge in [0.15, 0.2) is 0 Å². The number of aliphatic carboxylic acids is 1. The maximum atomic E-state index is 12.4. The van der Waals surface area contributed by atoms with Crippen molar-refractivity contribution in [2.24, 2.45) is 0 Å². The van der Waals surface area contributed by atoms with Crippen molar-refractivity contribution in [3.8, 4) is 17.2 Å². The van der Waals surface area contributed by atoms with Gasteiger partial charge in [-0.25, -0.2) is 4.79 Å². The van der Waals surface area contributed by atoms with Gasteiger partial charge in [0, 0.05) is 31.3 Å². The first kappa shape index (κ1) is 21.5. The van der Waals surface area contributed by atoms with E-state index in [1.54, 1.807) is 47.2 Å². The molecule has 1 aromatic heterocycles. The molecule has 2 aromatic carbocycles. The molecule has 0 radical (unpaired) electrons. The number of amides is 1. The molecule has 32 heavy (non-hydrogen) atoms. The minimum atomic E-state index is -0.854. The summed E-state index contributed by atoms with van der Waals surface area (Å²) in [5, 5.41) is 14.0. The van der Waals surface area contributed by atoms with E-state index in [-0.39, 0.29) is 18.6 Å². The molecule has 2 heterocycles. The second kappa shape index (κ2) is 9.59. The highest BCUT2D eigenvalue weighted by molar-refractivity contribution is 5.80. The number of benzene rings is 2. The van der Waals surface area contributed by atoms with Gasteiger partial charge in [-0.2, -0.15) is 5.10 Å². The lowest BCUT2D eigenvalue weighted by molar-refractivity contribution is -0.137. The van der Waals surface area contributed by atoms with Crippen LogP contribution in [-0.2, 0) is 11.3 Å². The number of ether oxygens (including phenoxy) is 3. The van der Waals surface area contributed by atoms with Crippen LogP contribution in [0, 0.1) is 0 Å². The Balaban J connectivity index is 1.29. The first-order valence-electron chi connectivity index (χ1n) is 10.5. The third-order valence-corrected chi connectivity index (χ3v) is 5.42. The molecule has 0 bridgehead atoms. The van der Waals surface area contributed by atoms with Crippen molar-refractivity contribution < 1.29 is 28.9 Å². The van der Waals surface area contributed by atoms with Gasteiger partial charge >= 0.3 is 12.1 Å². The Morgan fingerprint density at radius 3 is 2.44 bits per heavy atom. The number of nitrogens with zero attached hydrogens (tertiary/aromatic N) is 3. The van der Waals surface area contributed by atoms with Crippen LogP contribution in [0.1, 0.15) is 19.3 Å². The maximum absolute atomic E-state index is 12.4. The molecule has 1 saturated heterocycles. The number of aryl methyl sites for hydroxylation is 1. The third-order valence-electron chi connectivity index (χ3n) is 5.42. The molecule has 0 spiro atoms. The number of fused-ring (bicyclic) bond motifs is 1. The van der Waals surface area contributed by atoms with Crippen LogP contribution in [0.4, 0.5) is 4.79 Å². The molecule has 9 heteroatoms. The topological polar surface area (TPSA) is 103 Å². The number of carboxylic acid groups (broad SMARTS) is 1. The van der Waals surface area contributed by atoms with Gasteiger partial charge in [-0.15, -0.1) is 0 Å². The SMILES string of the molecule is COc1ccc(OC(=O)N2CCC(Oc3ccc4c(cnn4CCC(=O)O)c3)CC2)cc1. The normalized spacial score (nSPS) is 14.3. The first-order valence-corrected chi connectivity index (χ1v) is 10.5. The fraction of sp³-hybridized carbons (Fsp3) is 0.348. The predicted molar refractivity (Wildman–Crippen MR) is 116 cm³/mol. The Morgan fingerprint density at radius 2 is 1.75 bits per heavy atom. The highest BCUT2D eigenvalue weighted by atomic mass is 16.6. The van der Waals surface area contributed by atoms with Crippen LogP contribution in [0.2, 0.25) is 0 Å². The molecule has 1 aliphatic rings. The monoisotopic (exact) mass is 439 g/mol. The molecule has 1 amide bonds. The van der Waals surface area contributed by atoms with E-state index in [1.165, 1.54) is 0 Å². The van der Waals surface area contributed by atoms with E-state index in [9.17, 15) is 9.59 Å². The quantitative estimate of drug-likeness (QED) is 0.600. The van der Waals surface area contributed by atoms with Crippen LogP contribution in [0.15, 0.2) is 48.7 Å². The minimum Gasteiger partial charge on any atom is -0.497 e. The van der Waals surface area contributed by atoms with Gasteiger partial charge in [0.25, 0.3) is 0 Å². The van der Waals surface area contributed by atoms with Crippen molar-refractivity contribution >= 4 is 23.0 Å².